The number of carbonyl (C=O) groups is 2. The summed E-state index contributed by atoms with van der Waals surface area (Å²) in [6, 6.07) is 5.80. The molecule has 4 rings (SSSR count). The summed E-state index contributed by atoms with van der Waals surface area (Å²) in [4.78, 5) is 41.2. The molecule has 3 unspecified atom stereocenters. The Kier molecular flexibility index (Phi) is 6.13. The van der Waals surface area contributed by atoms with Gasteiger partial charge in [-0.3, -0.25) is 9.59 Å². The number of ketones is 1. The zero-order chi connectivity index (χ0) is 21.1. The number of hydrogen-bond donors (Lipinski definition) is 2. The standard InChI is InChI=1S/C22H27N3O5/c1-13-19(17(26)12-29-13)24-21(27)16(11-14-7-3-2-4-8-14)23-20-15-9-5-6-10-18(15)30-22(28)25-20/h5-6,9-10,13-14,16,19H,2-4,7-8,11-12H2,1H3,(H,24,27)(H,23,25,28). The largest absolute Gasteiger partial charge is 0.441 e. The van der Waals surface area contributed by atoms with Crippen LogP contribution < -0.4 is 16.4 Å². The number of hydrogen-bond acceptors (Lipinski definition) is 7. The van der Waals surface area contributed by atoms with Gasteiger partial charge < -0.3 is 19.8 Å². The van der Waals surface area contributed by atoms with E-state index >= 15 is 0 Å². The SMILES string of the molecule is CC1OCC(=O)C1NC(=O)C(CC1CCCCC1)Nc1nc(=O)oc2ccccc12. The molecule has 2 N–H and O–H groups in total. The number of para-hydroxylation sites is 1. The first-order chi connectivity index (χ1) is 14.5. The van der Waals surface area contributed by atoms with Gasteiger partial charge in [-0.25, -0.2) is 4.79 Å². The quantitative estimate of drug-likeness (QED) is 0.748. The van der Waals surface area contributed by atoms with Crippen LogP contribution in [0, 0.1) is 5.92 Å². The van der Waals surface area contributed by atoms with Crippen LogP contribution in [-0.2, 0) is 14.3 Å². The topological polar surface area (TPSA) is 111 Å². The van der Waals surface area contributed by atoms with Crippen molar-refractivity contribution in [2.75, 3.05) is 11.9 Å². The second kappa shape index (κ2) is 8.95. The van der Waals surface area contributed by atoms with Crippen LogP contribution in [0.15, 0.2) is 33.5 Å². The van der Waals surface area contributed by atoms with Gasteiger partial charge in [-0.2, -0.15) is 4.98 Å². The zero-order valence-corrected chi connectivity index (χ0v) is 17.1. The molecule has 1 amide bonds. The highest BCUT2D eigenvalue weighted by atomic mass is 16.5. The average molecular weight is 413 g/mol. The molecule has 0 radical (unpaired) electrons. The predicted molar refractivity (Wildman–Crippen MR) is 111 cm³/mol. The van der Waals surface area contributed by atoms with Gasteiger partial charge in [0, 0.05) is 0 Å². The third kappa shape index (κ3) is 4.53. The van der Waals surface area contributed by atoms with Crippen molar-refractivity contribution < 1.29 is 18.7 Å². The van der Waals surface area contributed by atoms with Crippen LogP contribution in [0.4, 0.5) is 5.82 Å². The Morgan fingerprint density at radius 1 is 1.20 bits per heavy atom. The third-order valence-electron chi connectivity index (χ3n) is 6.07. The molecule has 3 atom stereocenters. The highest BCUT2D eigenvalue weighted by Gasteiger charge is 2.36. The van der Waals surface area contributed by atoms with E-state index in [4.69, 9.17) is 9.15 Å². The lowest BCUT2D eigenvalue weighted by Crippen LogP contribution is -2.50. The van der Waals surface area contributed by atoms with Crippen molar-refractivity contribution in [1.29, 1.82) is 0 Å². The maximum atomic E-state index is 13.2. The molecule has 1 aromatic heterocycles. The molecule has 1 aliphatic carbocycles. The molecule has 1 aliphatic heterocycles. The Balaban J connectivity index is 1.59. The van der Waals surface area contributed by atoms with E-state index in [0.29, 0.717) is 29.1 Å². The van der Waals surface area contributed by atoms with Gasteiger partial charge in [0.1, 0.15) is 30.1 Å². The smallest absolute Gasteiger partial charge is 0.408 e. The summed E-state index contributed by atoms with van der Waals surface area (Å²) in [7, 11) is 0. The minimum absolute atomic E-state index is 0.0127. The molecule has 0 bridgehead atoms. The van der Waals surface area contributed by atoms with E-state index in [0.717, 1.165) is 25.7 Å². The Labute approximate surface area is 174 Å². The molecule has 8 nitrogen and oxygen atoms in total. The molecule has 1 saturated heterocycles. The summed E-state index contributed by atoms with van der Waals surface area (Å²) < 4.78 is 10.5. The molecule has 1 saturated carbocycles. The van der Waals surface area contributed by atoms with Gasteiger partial charge in [-0.15, -0.1) is 0 Å². The molecule has 2 aliphatic rings. The maximum Gasteiger partial charge on any atom is 0.441 e. The number of anilines is 1. The molecule has 2 fully saturated rings. The lowest BCUT2D eigenvalue weighted by Gasteiger charge is -2.28. The van der Waals surface area contributed by atoms with Gasteiger partial charge >= 0.3 is 5.76 Å². The van der Waals surface area contributed by atoms with Crippen molar-refractivity contribution in [3.05, 3.63) is 34.8 Å². The highest BCUT2D eigenvalue weighted by molar-refractivity contribution is 5.95. The van der Waals surface area contributed by atoms with Gasteiger partial charge in [0.05, 0.1) is 11.5 Å². The van der Waals surface area contributed by atoms with Crippen molar-refractivity contribution >= 4 is 28.5 Å². The second-order valence-electron chi connectivity index (χ2n) is 8.23. The molecule has 8 heteroatoms. The number of ether oxygens (including phenoxy) is 1. The van der Waals surface area contributed by atoms with Gasteiger partial charge in [0.2, 0.25) is 5.91 Å². The predicted octanol–water partition coefficient (Wildman–Crippen LogP) is 2.41. The monoisotopic (exact) mass is 413 g/mol. The first-order valence-corrected chi connectivity index (χ1v) is 10.6. The average Bonchev–Trinajstić information content (AvgIpc) is 3.06. The fourth-order valence-electron chi connectivity index (χ4n) is 4.40. The van der Waals surface area contributed by atoms with E-state index in [1.54, 1.807) is 25.1 Å². The summed E-state index contributed by atoms with van der Waals surface area (Å²) in [6.07, 6.45) is 5.91. The van der Waals surface area contributed by atoms with Crippen LogP contribution in [0.2, 0.25) is 0 Å². The van der Waals surface area contributed by atoms with E-state index in [9.17, 15) is 14.4 Å². The van der Waals surface area contributed by atoms with Crippen LogP contribution >= 0.6 is 0 Å². The first-order valence-electron chi connectivity index (χ1n) is 10.6. The lowest BCUT2D eigenvalue weighted by atomic mass is 9.84. The minimum Gasteiger partial charge on any atom is -0.408 e. The van der Waals surface area contributed by atoms with Crippen molar-refractivity contribution in [3.63, 3.8) is 0 Å². The van der Waals surface area contributed by atoms with Gasteiger partial charge in [0.15, 0.2) is 5.78 Å². The molecule has 0 spiro atoms. The van der Waals surface area contributed by atoms with Gasteiger partial charge in [-0.05, 0) is 31.4 Å². The molecular formula is C22H27N3O5. The maximum absolute atomic E-state index is 13.2. The number of nitrogens with zero attached hydrogens (tertiary/aromatic N) is 1. The summed E-state index contributed by atoms with van der Waals surface area (Å²) in [5.74, 6) is -0.409. The van der Waals surface area contributed by atoms with E-state index in [-0.39, 0.29) is 24.4 Å². The molecule has 30 heavy (non-hydrogen) atoms. The number of Topliss-reactive ketones (excluding diaryl/α,β-unsaturated/α-hetero) is 1. The van der Waals surface area contributed by atoms with Crippen molar-refractivity contribution in [2.45, 2.75) is 63.6 Å². The second-order valence-corrected chi connectivity index (χ2v) is 8.23. The number of carbonyl (C=O) groups excluding carboxylic acids is 2. The molecule has 1 aromatic carbocycles. The Morgan fingerprint density at radius 3 is 2.70 bits per heavy atom. The Bertz CT molecular complexity index is 982. The van der Waals surface area contributed by atoms with E-state index in [2.05, 4.69) is 15.6 Å². The number of amides is 1. The third-order valence-corrected chi connectivity index (χ3v) is 6.07. The van der Waals surface area contributed by atoms with Crippen molar-refractivity contribution in [1.82, 2.24) is 10.3 Å². The van der Waals surface area contributed by atoms with Crippen molar-refractivity contribution in [2.24, 2.45) is 5.92 Å². The fraction of sp³-hybridized carbons (Fsp3) is 0.545. The summed E-state index contributed by atoms with van der Waals surface area (Å²) in [5.41, 5.74) is 0.407. The molecular weight excluding hydrogens is 386 g/mol. The van der Waals surface area contributed by atoms with Crippen LogP contribution in [0.5, 0.6) is 0 Å². The number of fused-ring (bicyclic) bond motifs is 1. The van der Waals surface area contributed by atoms with E-state index in [1.807, 2.05) is 6.07 Å². The zero-order valence-electron chi connectivity index (χ0n) is 17.1. The number of aromatic nitrogens is 1. The van der Waals surface area contributed by atoms with Crippen LogP contribution in [0.1, 0.15) is 45.4 Å². The normalized spacial score (nSPS) is 23.4. The highest BCUT2D eigenvalue weighted by Crippen LogP contribution is 2.29. The molecule has 2 heterocycles. The van der Waals surface area contributed by atoms with E-state index in [1.165, 1.54) is 6.42 Å². The van der Waals surface area contributed by atoms with Crippen LogP contribution in [0.25, 0.3) is 11.0 Å². The fourth-order valence-corrected chi connectivity index (χ4v) is 4.40. The lowest BCUT2D eigenvalue weighted by molar-refractivity contribution is -0.127. The first kappa shape index (κ1) is 20.5. The summed E-state index contributed by atoms with van der Waals surface area (Å²) in [6.45, 7) is 1.79. The Morgan fingerprint density at radius 2 is 1.97 bits per heavy atom. The molecule has 2 aromatic rings. The van der Waals surface area contributed by atoms with Crippen molar-refractivity contribution in [3.8, 4) is 0 Å². The minimum atomic E-state index is -0.721. The summed E-state index contributed by atoms with van der Waals surface area (Å²) >= 11 is 0. The summed E-state index contributed by atoms with van der Waals surface area (Å²) in [5, 5.41) is 6.66. The van der Waals surface area contributed by atoms with Crippen LogP contribution in [0.3, 0.4) is 0 Å². The van der Waals surface area contributed by atoms with E-state index < -0.39 is 17.8 Å². The Hall–Kier alpha value is -2.74. The van der Waals surface area contributed by atoms with Gasteiger partial charge in [0.25, 0.3) is 0 Å². The number of rotatable bonds is 6. The van der Waals surface area contributed by atoms with Crippen LogP contribution in [-0.4, -0.2) is 41.5 Å². The molecule has 160 valence electrons. The number of nitrogens with one attached hydrogen (secondary N) is 2. The van der Waals surface area contributed by atoms with Gasteiger partial charge in [-0.1, -0.05) is 44.2 Å². The number of benzene rings is 1.